The number of carbonyl (C=O) groups excluding carboxylic acids is 1. The molecule has 0 unspecified atom stereocenters. The van der Waals surface area contributed by atoms with E-state index in [4.69, 9.17) is 0 Å². The van der Waals surface area contributed by atoms with Gasteiger partial charge in [0.1, 0.15) is 5.69 Å². The number of rotatable bonds is 3. The van der Waals surface area contributed by atoms with Crippen LogP contribution in [-0.4, -0.2) is 10.8 Å². The van der Waals surface area contributed by atoms with Gasteiger partial charge in [-0.3, -0.25) is 25.8 Å². The number of hydrogen-bond donors (Lipinski definition) is 2. The minimum Gasteiger partial charge on any atom is -0.292 e. The minimum atomic E-state index is -0.503. The van der Waals surface area contributed by atoms with Gasteiger partial charge in [0.05, 0.1) is 4.92 Å². The van der Waals surface area contributed by atoms with E-state index >= 15 is 0 Å². The van der Waals surface area contributed by atoms with Crippen molar-refractivity contribution in [2.75, 3.05) is 5.43 Å². The molecule has 0 saturated carbocycles. The second-order valence-electron chi connectivity index (χ2n) is 3.08. The first kappa shape index (κ1) is 11.0. The summed E-state index contributed by atoms with van der Waals surface area (Å²) in [5.74, 6) is -0.315. The highest BCUT2D eigenvalue weighted by Gasteiger charge is 2.13. The highest BCUT2D eigenvalue weighted by molar-refractivity contribution is 5.75. The van der Waals surface area contributed by atoms with E-state index in [1.54, 1.807) is 19.1 Å². The molecule has 0 aliphatic rings. The first-order valence-electron chi connectivity index (χ1n) is 4.28. The van der Waals surface area contributed by atoms with Gasteiger partial charge in [-0.2, -0.15) is 0 Å². The van der Waals surface area contributed by atoms with Gasteiger partial charge in [-0.15, -0.1) is 0 Å². The van der Waals surface area contributed by atoms with Crippen molar-refractivity contribution in [3.05, 3.63) is 33.9 Å². The van der Waals surface area contributed by atoms with Gasteiger partial charge in [0.25, 0.3) is 5.69 Å². The van der Waals surface area contributed by atoms with Crippen LogP contribution >= 0.6 is 0 Å². The summed E-state index contributed by atoms with van der Waals surface area (Å²) in [7, 11) is 0. The van der Waals surface area contributed by atoms with Crippen molar-refractivity contribution in [1.82, 2.24) is 5.43 Å². The smallest absolute Gasteiger partial charge is 0.292 e. The molecular weight excluding hydrogens is 198 g/mol. The summed E-state index contributed by atoms with van der Waals surface area (Å²) in [6, 6.07) is 4.70. The van der Waals surface area contributed by atoms with Crippen LogP contribution in [0, 0.1) is 17.0 Å². The Morgan fingerprint density at radius 1 is 1.47 bits per heavy atom. The van der Waals surface area contributed by atoms with Crippen LogP contribution in [0.2, 0.25) is 0 Å². The molecule has 2 N–H and O–H groups in total. The van der Waals surface area contributed by atoms with Crippen molar-refractivity contribution >= 4 is 17.3 Å². The van der Waals surface area contributed by atoms with E-state index in [2.05, 4.69) is 10.9 Å². The van der Waals surface area contributed by atoms with Crippen molar-refractivity contribution in [3.8, 4) is 0 Å². The van der Waals surface area contributed by atoms with Crippen LogP contribution in [0.5, 0.6) is 0 Å². The number of nitro groups is 1. The summed E-state index contributed by atoms with van der Waals surface area (Å²) in [4.78, 5) is 20.8. The van der Waals surface area contributed by atoms with Crippen molar-refractivity contribution in [2.24, 2.45) is 0 Å². The predicted octanol–water partition coefficient (Wildman–Crippen LogP) is 1.37. The molecule has 1 amide bonds. The molecule has 0 aliphatic carbocycles. The van der Waals surface area contributed by atoms with Gasteiger partial charge >= 0.3 is 0 Å². The van der Waals surface area contributed by atoms with Gasteiger partial charge in [0.15, 0.2) is 0 Å². The average Bonchev–Trinajstić information content (AvgIpc) is 2.15. The fourth-order valence-corrected chi connectivity index (χ4v) is 1.05. The highest BCUT2D eigenvalue weighted by Crippen LogP contribution is 2.24. The lowest BCUT2D eigenvalue weighted by atomic mass is 10.2. The number of carbonyl (C=O) groups is 1. The number of benzene rings is 1. The maximum absolute atomic E-state index is 10.7. The Kier molecular flexibility index (Phi) is 3.22. The summed E-state index contributed by atoms with van der Waals surface area (Å²) < 4.78 is 0. The Hall–Kier alpha value is -2.11. The molecule has 0 radical (unpaired) electrons. The summed E-state index contributed by atoms with van der Waals surface area (Å²) >= 11 is 0. The summed E-state index contributed by atoms with van der Waals surface area (Å²) in [5.41, 5.74) is 5.75. The minimum absolute atomic E-state index is 0.0660. The van der Waals surface area contributed by atoms with Crippen LogP contribution in [0.3, 0.4) is 0 Å². The molecule has 0 heterocycles. The van der Waals surface area contributed by atoms with Gasteiger partial charge in [-0.25, -0.2) is 0 Å². The fraction of sp³-hybridized carbons (Fsp3) is 0.222. The molecule has 6 heteroatoms. The van der Waals surface area contributed by atoms with E-state index < -0.39 is 4.92 Å². The maximum atomic E-state index is 10.7. The van der Waals surface area contributed by atoms with Crippen LogP contribution in [0.25, 0.3) is 0 Å². The maximum Gasteiger partial charge on any atom is 0.294 e. The van der Waals surface area contributed by atoms with Crippen LogP contribution < -0.4 is 10.9 Å². The van der Waals surface area contributed by atoms with Crippen molar-refractivity contribution < 1.29 is 9.72 Å². The molecule has 0 bridgehead atoms. The number of nitro benzene ring substituents is 1. The highest BCUT2D eigenvalue weighted by atomic mass is 16.6. The Morgan fingerprint density at radius 2 is 2.13 bits per heavy atom. The van der Waals surface area contributed by atoms with Gasteiger partial charge < -0.3 is 0 Å². The number of nitrogens with one attached hydrogen (secondary N) is 2. The topological polar surface area (TPSA) is 84.3 Å². The summed E-state index contributed by atoms with van der Waals surface area (Å²) in [6.45, 7) is 3.07. The molecule has 1 aromatic carbocycles. The van der Waals surface area contributed by atoms with Crippen molar-refractivity contribution in [2.45, 2.75) is 13.8 Å². The van der Waals surface area contributed by atoms with E-state index in [0.717, 1.165) is 5.56 Å². The summed E-state index contributed by atoms with van der Waals surface area (Å²) in [6.07, 6.45) is 0. The summed E-state index contributed by atoms with van der Waals surface area (Å²) in [5, 5.41) is 10.7. The van der Waals surface area contributed by atoms with Crippen LogP contribution in [0.4, 0.5) is 11.4 Å². The van der Waals surface area contributed by atoms with Gasteiger partial charge in [-0.05, 0) is 18.6 Å². The average molecular weight is 209 g/mol. The third-order valence-corrected chi connectivity index (χ3v) is 1.72. The molecule has 1 aromatic rings. The molecule has 0 aliphatic heterocycles. The molecule has 0 saturated heterocycles. The first-order chi connectivity index (χ1) is 7.00. The largest absolute Gasteiger partial charge is 0.294 e. The van der Waals surface area contributed by atoms with E-state index in [-0.39, 0.29) is 17.3 Å². The fourth-order valence-electron chi connectivity index (χ4n) is 1.05. The Morgan fingerprint density at radius 3 is 2.67 bits per heavy atom. The zero-order valence-corrected chi connectivity index (χ0v) is 8.40. The van der Waals surface area contributed by atoms with Crippen LogP contribution in [-0.2, 0) is 4.79 Å². The van der Waals surface area contributed by atoms with Gasteiger partial charge in [0, 0.05) is 13.0 Å². The number of aryl methyl sites for hydroxylation is 1. The number of hydrazine groups is 1. The molecule has 15 heavy (non-hydrogen) atoms. The molecule has 0 atom stereocenters. The van der Waals surface area contributed by atoms with E-state index in [1.807, 2.05) is 0 Å². The predicted molar refractivity (Wildman–Crippen MR) is 55.3 cm³/mol. The lowest BCUT2D eigenvalue weighted by Gasteiger charge is -2.07. The monoisotopic (exact) mass is 209 g/mol. The number of amides is 1. The second kappa shape index (κ2) is 4.41. The van der Waals surface area contributed by atoms with Crippen molar-refractivity contribution in [3.63, 3.8) is 0 Å². The zero-order valence-electron chi connectivity index (χ0n) is 8.40. The number of hydrogen-bond acceptors (Lipinski definition) is 4. The van der Waals surface area contributed by atoms with Gasteiger partial charge in [0.2, 0.25) is 5.91 Å². The van der Waals surface area contributed by atoms with Gasteiger partial charge in [-0.1, -0.05) is 6.07 Å². The number of nitrogens with zero attached hydrogens (tertiary/aromatic N) is 1. The zero-order chi connectivity index (χ0) is 11.4. The third kappa shape index (κ3) is 2.94. The van der Waals surface area contributed by atoms with E-state index in [0.29, 0.717) is 0 Å². The Labute approximate surface area is 86.4 Å². The molecule has 0 fully saturated rings. The van der Waals surface area contributed by atoms with Crippen molar-refractivity contribution in [1.29, 1.82) is 0 Å². The SMILES string of the molecule is CC(=O)NNc1ccc(C)cc1[N+](=O)[O-]. The quantitative estimate of drug-likeness (QED) is 0.581. The lowest BCUT2D eigenvalue weighted by Crippen LogP contribution is -2.26. The molecule has 1 rings (SSSR count). The molecule has 6 nitrogen and oxygen atoms in total. The molecule has 0 aromatic heterocycles. The third-order valence-electron chi connectivity index (χ3n) is 1.72. The second-order valence-corrected chi connectivity index (χ2v) is 3.08. The molecule has 0 spiro atoms. The molecular formula is C9H11N3O3. The van der Waals surface area contributed by atoms with E-state index in [1.165, 1.54) is 13.0 Å². The lowest BCUT2D eigenvalue weighted by molar-refractivity contribution is -0.384. The van der Waals surface area contributed by atoms with E-state index in [9.17, 15) is 14.9 Å². The molecule has 80 valence electrons. The standard InChI is InChI=1S/C9H11N3O3/c1-6-3-4-8(11-10-7(2)13)9(5-6)12(14)15/h3-5,11H,1-2H3,(H,10,13). The normalized spacial score (nSPS) is 9.47. The Balaban J connectivity index is 2.95. The number of anilines is 1. The van der Waals surface area contributed by atoms with Crippen LogP contribution in [0.1, 0.15) is 12.5 Å². The van der Waals surface area contributed by atoms with Crippen LogP contribution in [0.15, 0.2) is 18.2 Å². The first-order valence-corrected chi connectivity index (χ1v) is 4.28. The Bertz CT molecular complexity index is 404.